The fourth-order valence-corrected chi connectivity index (χ4v) is 7.48. The topological polar surface area (TPSA) is 72.9 Å². The number of hydrogen-bond acceptors (Lipinski definition) is 5. The number of aliphatic hydroxyl groups is 1. The number of aryl methyl sites for hydroxylation is 1. The Bertz CT molecular complexity index is 1320. The van der Waals surface area contributed by atoms with Gasteiger partial charge in [-0.05, 0) is 81.2 Å². The van der Waals surface area contributed by atoms with Gasteiger partial charge >= 0.3 is 0 Å². The van der Waals surface area contributed by atoms with Crippen LogP contribution in [-0.2, 0) is 29.0 Å². The zero-order valence-electron chi connectivity index (χ0n) is 23.6. The molecule has 6 nitrogen and oxygen atoms in total. The Balaban J connectivity index is 1.57. The van der Waals surface area contributed by atoms with Crippen molar-refractivity contribution < 1.29 is 14.7 Å². The van der Waals surface area contributed by atoms with Crippen molar-refractivity contribution in [1.82, 2.24) is 15.1 Å². The first-order valence-corrected chi connectivity index (χ1v) is 14.9. The normalized spacial score (nSPS) is 20.8. The highest BCUT2D eigenvalue weighted by atomic mass is 32.2. The quantitative estimate of drug-likeness (QED) is 0.359. The average molecular weight is 558 g/mol. The molecule has 1 heterocycles. The van der Waals surface area contributed by atoms with E-state index < -0.39 is 10.8 Å². The molecule has 0 aromatic heterocycles. The van der Waals surface area contributed by atoms with Gasteiger partial charge < -0.3 is 20.2 Å². The zero-order chi connectivity index (χ0) is 28.3. The average Bonchev–Trinajstić information content (AvgIpc) is 3.50. The summed E-state index contributed by atoms with van der Waals surface area (Å²) in [6.07, 6.45) is 2.52. The number of thioether (sulfide) groups is 1. The summed E-state index contributed by atoms with van der Waals surface area (Å²) in [7, 11) is 4.05. The minimum absolute atomic E-state index is 0.0112. The molecule has 0 unspecified atom stereocenters. The van der Waals surface area contributed by atoms with E-state index in [1.807, 2.05) is 62.3 Å². The Morgan fingerprint density at radius 3 is 2.27 bits per heavy atom. The Morgan fingerprint density at radius 1 is 1.02 bits per heavy atom. The van der Waals surface area contributed by atoms with Crippen molar-refractivity contribution in [3.63, 3.8) is 0 Å². The molecule has 2 atom stereocenters. The first-order chi connectivity index (χ1) is 19.3. The first-order valence-electron chi connectivity index (χ1n) is 14.1. The van der Waals surface area contributed by atoms with Gasteiger partial charge in [0.1, 0.15) is 4.75 Å². The lowest BCUT2D eigenvalue weighted by atomic mass is 9.90. The molecule has 40 heavy (non-hydrogen) atoms. The predicted molar refractivity (Wildman–Crippen MR) is 160 cm³/mol. The van der Waals surface area contributed by atoms with Gasteiger partial charge in [-0.2, -0.15) is 0 Å². The second kappa shape index (κ2) is 12.2. The molecule has 1 saturated heterocycles. The summed E-state index contributed by atoms with van der Waals surface area (Å²) in [5, 5.41) is 12.9. The summed E-state index contributed by atoms with van der Waals surface area (Å²) in [4.78, 5) is 33.5. The Labute approximate surface area is 241 Å². The number of aliphatic hydroxyl groups excluding tert-OH is 1. The zero-order valence-corrected chi connectivity index (χ0v) is 24.4. The van der Waals surface area contributed by atoms with Crippen LogP contribution in [0.4, 0.5) is 0 Å². The Hall–Kier alpha value is -3.13. The molecule has 2 N–H and O–H groups in total. The van der Waals surface area contributed by atoms with Gasteiger partial charge in [0.05, 0.1) is 19.1 Å². The molecule has 0 radical (unpaired) electrons. The van der Waals surface area contributed by atoms with E-state index in [1.54, 1.807) is 0 Å². The number of rotatable bonds is 10. The fourth-order valence-electron chi connectivity index (χ4n) is 6.07. The molecular formula is C33H39N3O3S. The standard InChI is InChI=1S/C33H39N3O3S/c1-23-9-15-29(16-10-23)40-33(32(39)34-17-6-18-35(2)3)21-30(38)36(28-19-26-7-4-5-8-27(26)20-28)31(33)25-13-11-24(22-37)12-14-25/h4-5,7-16,28,31,37H,6,17-22H2,1-3H3,(H,34,39)/t31-,33-/m1/s1. The van der Waals surface area contributed by atoms with Crippen LogP contribution in [0.1, 0.15) is 46.7 Å². The number of carbonyl (C=O) groups is 2. The summed E-state index contributed by atoms with van der Waals surface area (Å²) in [5.74, 6) is -0.0866. The number of nitrogens with zero attached hydrogens (tertiary/aromatic N) is 2. The number of fused-ring (bicyclic) bond motifs is 1. The van der Waals surface area contributed by atoms with E-state index in [0.717, 1.165) is 47.4 Å². The van der Waals surface area contributed by atoms with E-state index in [4.69, 9.17) is 0 Å². The molecule has 1 fully saturated rings. The van der Waals surface area contributed by atoms with Crippen LogP contribution in [0.25, 0.3) is 0 Å². The number of carbonyl (C=O) groups excluding carboxylic acids is 2. The van der Waals surface area contributed by atoms with E-state index >= 15 is 0 Å². The third-order valence-corrected chi connectivity index (χ3v) is 9.52. The number of likely N-dealkylation sites (tertiary alicyclic amines) is 1. The molecular weight excluding hydrogens is 518 g/mol. The van der Waals surface area contributed by atoms with Crippen molar-refractivity contribution in [2.24, 2.45) is 0 Å². The van der Waals surface area contributed by atoms with Crippen molar-refractivity contribution in [1.29, 1.82) is 0 Å². The number of nitrogens with one attached hydrogen (secondary N) is 1. The highest BCUT2D eigenvalue weighted by Gasteiger charge is 2.59. The lowest BCUT2D eigenvalue weighted by Crippen LogP contribution is -2.50. The van der Waals surface area contributed by atoms with E-state index in [2.05, 4.69) is 46.6 Å². The van der Waals surface area contributed by atoms with Crippen LogP contribution >= 0.6 is 11.8 Å². The molecule has 5 rings (SSSR count). The van der Waals surface area contributed by atoms with Crippen LogP contribution < -0.4 is 5.32 Å². The summed E-state index contributed by atoms with van der Waals surface area (Å²) in [6.45, 7) is 3.41. The molecule has 0 spiro atoms. The van der Waals surface area contributed by atoms with Gasteiger partial charge in [0.2, 0.25) is 11.8 Å². The third kappa shape index (κ3) is 5.82. The van der Waals surface area contributed by atoms with Crippen LogP contribution in [0.15, 0.2) is 77.7 Å². The van der Waals surface area contributed by atoms with E-state index in [0.29, 0.717) is 6.54 Å². The summed E-state index contributed by atoms with van der Waals surface area (Å²) < 4.78 is -1.04. The van der Waals surface area contributed by atoms with E-state index in [1.165, 1.54) is 22.9 Å². The minimum atomic E-state index is -1.04. The lowest BCUT2D eigenvalue weighted by molar-refractivity contribution is -0.131. The van der Waals surface area contributed by atoms with E-state index in [9.17, 15) is 14.7 Å². The highest BCUT2D eigenvalue weighted by Crippen LogP contribution is 2.54. The van der Waals surface area contributed by atoms with Crippen LogP contribution in [-0.4, -0.2) is 64.7 Å². The van der Waals surface area contributed by atoms with Crippen molar-refractivity contribution >= 4 is 23.6 Å². The highest BCUT2D eigenvalue weighted by molar-refractivity contribution is 8.01. The monoisotopic (exact) mass is 557 g/mol. The Morgan fingerprint density at radius 2 is 1.68 bits per heavy atom. The smallest absolute Gasteiger partial charge is 0.239 e. The maximum atomic E-state index is 14.3. The molecule has 7 heteroatoms. The molecule has 3 aromatic carbocycles. The van der Waals surface area contributed by atoms with Crippen molar-refractivity contribution in [3.05, 3.63) is 101 Å². The van der Waals surface area contributed by atoms with Gasteiger partial charge in [0.25, 0.3) is 0 Å². The van der Waals surface area contributed by atoms with Gasteiger partial charge in [0, 0.05) is 17.5 Å². The van der Waals surface area contributed by atoms with Gasteiger partial charge in [-0.3, -0.25) is 9.59 Å². The predicted octanol–water partition coefficient (Wildman–Crippen LogP) is 4.53. The van der Waals surface area contributed by atoms with Gasteiger partial charge in [-0.15, -0.1) is 11.8 Å². The molecule has 0 bridgehead atoms. The number of benzene rings is 3. The molecule has 210 valence electrons. The van der Waals surface area contributed by atoms with Crippen LogP contribution in [0.5, 0.6) is 0 Å². The Kier molecular flexibility index (Phi) is 8.64. The van der Waals surface area contributed by atoms with Crippen LogP contribution in [0.2, 0.25) is 0 Å². The van der Waals surface area contributed by atoms with Gasteiger partial charge in [0.15, 0.2) is 0 Å². The third-order valence-electron chi connectivity index (χ3n) is 8.10. The minimum Gasteiger partial charge on any atom is -0.392 e. The molecule has 2 amide bonds. The molecule has 2 aliphatic rings. The first kappa shape index (κ1) is 28.4. The van der Waals surface area contributed by atoms with Crippen molar-refractivity contribution in [2.45, 2.75) is 60.9 Å². The van der Waals surface area contributed by atoms with Crippen LogP contribution in [0.3, 0.4) is 0 Å². The molecule has 1 aliphatic heterocycles. The second-order valence-electron chi connectivity index (χ2n) is 11.3. The molecule has 1 aliphatic carbocycles. The number of hydrogen-bond donors (Lipinski definition) is 2. The summed E-state index contributed by atoms with van der Waals surface area (Å²) in [5.41, 5.74) is 5.41. The number of amides is 2. The fraction of sp³-hybridized carbons (Fsp3) is 0.394. The van der Waals surface area contributed by atoms with Crippen molar-refractivity contribution in [3.8, 4) is 0 Å². The molecule has 0 saturated carbocycles. The maximum absolute atomic E-state index is 14.3. The SMILES string of the molecule is Cc1ccc(S[C@]2(C(=O)NCCCN(C)C)CC(=O)N(C3Cc4ccccc4C3)[C@@H]2c2ccc(CO)cc2)cc1. The van der Waals surface area contributed by atoms with Gasteiger partial charge in [-0.1, -0.05) is 66.2 Å². The van der Waals surface area contributed by atoms with Crippen molar-refractivity contribution in [2.75, 3.05) is 27.2 Å². The maximum Gasteiger partial charge on any atom is 0.239 e. The summed E-state index contributed by atoms with van der Waals surface area (Å²) >= 11 is 1.51. The molecule has 3 aromatic rings. The van der Waals surface area contributed by atoms with E-state index in [-0.39, 0.29) is 30.9 Å². The lowest BCUT2D eigenvalue weighted by Gasteiger charge is -2.39. The van der Waals surface area contributed by atoms with Gasteiger partial charge in [-0.25, -0.2) is 0 Å². The largest absolute Gasteiger partial charge is 0.392 e. The summed E-state index contributed by atoms with van der Waals surface area (Å²) in [6, 6.07) is 23.9. The second-order valence-corrected chi connectivity index (χ2v) is 12.7. The van der Waals surface area contributed by atoms with Crippen LogP contribution in [0, 0.1) is 6.92 Å².